The van der Waals surface area contributed by atoms with Crippen molar-refractivity contribution in [2.24, 2.45) is 5.73 Å². The lowest BCUT2D eigenvalue weighted by Gasteiger charge is -2.12. The Balaban J connectivity index is 2.14. The van der Waals surface area contributed by atoms with Crippen LogP contribution in [0.15, 0.2) is 24.3 Å². The molecule has 3 heteroatoms. The number of nitrogens with two attached hydrogens (primary N) is 1. The second-order valence-corrected chi connectivity index (χ2v) is 4.28. The normalized spacial score (nSPS) is 16.9. The fourth-order valence-corrected chi connectivity index (χ4v) is 1.94. The van der Waals surface area contributed by atoms with Crippen LogP contribution in [0.3, 0.4) is 0 Å². The summed E-state index contributed by atoms with van der Waals surface area (Å²) in [6.07, 6.45) is 2.31. The third kappa shape index (κ3) is 1.95. The van der Waals surface area contributed by atoms with Gasteiger partial charge >= 0.3 is 5.97 Å². The maximum atomic E-state index is 11.4. The van der Waals surface area contributed by atoms with Gasteiger partial charge in [-0.3, -0.25) is 0 Å². The molecule has 0 radical (unpaired) electrons. The van der Waals surface area contributed by atoms with Gasteiger partial charge in [0.15, 0.2) is 0 Å². The van der Waals surface area contributed by atoms with E-state index in [9.17, 15) is 4.79 Å². The molecule has 86 valence electrons. The maximum Gasteiger partial charge on any atom is 0.338 e. The van der Waals surface area contributed by atoms with E-state index >= 15 is 0 Å². The zero-order valence-electron chi connectivity index (χ0n) is 9.53. The predicted molar refractivity (Wildman–Crippen MR) is 62.4 cm³/mol. The molecule has 1 aliphatic carbocycles. The van der Waals surface area contributed by atoms with Crippen LogP contribution in [0.25, 0.3) is 0 Å². The van der Waals surface area contributed by atoms with Gasteiger partial charge in [-0.1, -0.05) is 12.1 Å². The van der Waals surface area contributed by atoms with Crippen LogP contribution in [0.2, 0.25) is 0 Å². The molecule has 0 aromatic heterocycles. The summed E-state index contributed by atoms with van der Waals surface area (Å²) in [5, 5.41) is 0. The van der Waals surface area contributed by atoms with Crippen LogP contribution in [0.1, 0.15) is 35.7 Å². The van der Waals surface area contributed by atoms with E-state index in [4.69, 9.17) is 10.5 Å². The second kappa shape index (κ2) is 4.26. The molecular weight excluding hydrogens is 202 g/mol. The Morgan fingerprint density at radius 2 is 2.00 bits per heavy atom. The molecular formula is C13H17NO2. The Kier molecular flexibility index (Phi) is 2.97. The quantitative estimate of drug-likeness (QED) is 0.786. The van der Waals surface area contributed by atoms with Gasteiger partial charge < -0.3 is 10.5 Å². The van der Waals surface area contributed by atoms with Crippen LogP contribution in [-0.2, 0) is 10.2 Å². The highest BCUT2D eigenvalue weighted by molar-refractivity contribution is 5.89. The van der Waals surface area contributed by atoms with E-state index in [2.05, 4.69) is 0 Å². The molecule has 1 aliphatic rings. The van der Waals surface area contributed by atoms with Crippen molar-refractivity contribution in [2.45, 2.75) is 25.2 Å². The lowest BCUT2D eigenvalue weighted by Crippen LogP contribution is -2.19. The van der Waals surface area contributed by atoms with Gasteiger partial charge in [-0.15, -0.1) is 0 Å². The Morgan fingerprint density at radius 3 is 2.44 bits per heavy atom. The zero-order chi connectivity index (χ0) is 11.6. The number of carbonyl (C=O) groups excluding carboxylic acids is 1. The van der Waals surface area contributed by atoms with E-state index in [0.29, 0.717) is 18.7 Å². The minimum absolute atomic E-state index is 0.188. The first-order valence-electron chi connectivity index (χ1n) is 5.69. The number of rotatable bonds is 4. The SMILES string of the molecule is CCOC(=O)c1ccc(C2(CN)CC2)cc1. The van der Waals surface area contributed by atoms with Gasteiger partial charge in [0.2, 0.25) is 0 Å². The van der Waals surface area contributed by atoms with Crippen molar-refractivity contribution in [1.82, 2.24) is 0 Å². The summed E-state index contributed by atoms with van der Waals surface area (Å²) < 4.78 is 4.93. The van der Waals surface area contributed by atoms with Crippen LogP contribution < -0.4 is 5.73 Å². The molecule has 1 aromatic carbocycles. The highest BCUT2D eigenvalue weighted by atomic mass is 16.5. The van der Waals surface area contributed by atoms with E-state index in [1.165, 1.54) is 5.56 Å². The third-order valence-corrected chi connectivity index (χ3v) is 3.25. The summed E-state index contributed by atoms with van der Waals surface area (Å²) in [4.78, 5) is 11.4. The number of carbonyl (C=O) groups is 1. The monoisotopic (exact) mass is 219 g/mol. The largest absolute Gasteiger partial charge is 0.462 e. The highest BCUT2D eigenvalue weighted by Gasteiger charge is 2.42. The Morgan fingerprint density at radius 1 is 1.38 bits per heavy atom. The van der Waals surface area contributed by atoms with Crippen LogP contribution in [-0.4, -0.2) is 19.1 Å². The molecule has 1 aromatic rings. The summed E-state index contributed by atoms with van der Waals surface area (Å²) in [6, 6.07) is 7.63. The molecule has 0 bridgehead atoms. The zero-order valence-corrected chi connectivity index (χ0v) is 9.53. The van der Waals surface area contributed by atoms with Crippen molar-refractivity contribution in [2.75, 3.05) is 13.2 Å². The molecule has 2 N–H and O–H groups in total. The third-order valence-electron chi connectivity index (χ3n) is 3.25. The van der Waals surface area contributed by atoms with E-state index in [0.717, 1.165) is 12.8 Å². The summed E-state index contributed by atoms with van der Waals surface area (Å²) in [7, 11) is 0. The number of hydrogen-bond donors (Lipinski definition) is 1. The van der Waals surface area contributed by atoms with Crippen molar-refractivity contribution in [3.63, 3.8) is 0 Å². The lowest BCUT2D eigenvalue weighted by molar-refractivity contribution is 0.0526. The van der Waals surface area contributed by atoms with E-state index in [1.54, 1.807) is 6.92 Å². The van der Waals surface area contributed by atoms with Crippen molar-refractivity contribution in [3.8, 4) is 0 Å². The molecule has 0 unspecified atom stereocenters. The second-order valence-electron chi connectivity index (χ2n) is 4.28. The number of ether oxygens (including phenoxy) is 1. The number of esters is 1. The van der Waals surface area contributed by atoms with Crippen molar-refractivity contribution >= 4 is 5.97 Å². The van der Waals surface area contributed by atoms with E-state index < -0.39 is 0 Å². The van der Waals surface area contributed by atoms with Crippen LogP contribution in [0.4, 0.5) is 0 Å². The fourth-order valence-electron chi connectivity index (χ4n) is 1.94. The number of hydrogen-bond acceptors (Lipinski definition) is 3. The smallest absolute Gasteiger partial charge is 0.338 e. The number of benzene rings is 1. The summed E-state index contributed by atoms with van der Waals surface area (Å²) >= 11 is 0. The first-order valence-corrected chi connectivity index (χ1v) is 5.69. The first kappa shape index (κ1) is 11.1. The molecule has 0 spiro atoms. The minimum Gasteiger partial charge on any atom is -0.462 e. The van der Waals surface area contributed by atoms with Gasteiger partial charge in [0.25, 0.3) is 0 Å². The highest BCUT2D eigenvalue weighted by Crippen LogP contribution is 2.47. The average molecular weight is 219 g/mol. The van der Waals surface area contributed by atoms with Gasteiger partial charge in [0, 0.05) is 12.0 Å². The van der Waals surface area contributed by atoms with Gasteiger partial charge in [0.1, 0.15) is 0 Å². The average Bonchev–Trinajstić information content (AvgIpc) is 3.10. The van der Waals surface area contributed by atoms with Crippen molar-refractivity contribution < 1.29 is 9.53 Å². The molecule has 0 aliphatic heterocycles. The Labute approximate surface area is 95.6 Å². The lowest BCUT2D eigenvalue weighted by atomic mass is 9.95. The molecule has 2 rings (SSSR count). The molecule has 1 fully saturated rings. The van der Waals surface area contributed by atoms with Gasteiger partial charge in [-0.25, -0.2) is 4.79 Å². The van der Waals surface area contributed by atoms with Crippen molar-refractivity contribution in [3.05, 3.63) is 35.4 Å². The minimum atomic E-state index is -0.258. The molecule has 0 saturated heterocycles. The van der Waals surface area contributed by atoms with Gasteiger partial charge in [-0.2, -0.15) is 0 Å². The molecule has 0 amide bonds. The molecule has 0 atom stereocenters. The molecule has 1 saturated carbocycles. The van der Waals surface area contributed by atoms with Gasteiger partial charge in [-0.05, 0) is 37.5 Å². The molecule has 0 heterocycles. The topological polar surface area (TPSA) is 52.3 Å². The summed E-state index contributed by atoms with van der Waals surface area (Å²) in [6.45, 7) is 2.90. The standard InChI is InChI=1S/C13H17NO2/c1-2-16-12(15)10-3-5-11(6-4-10)13(9-14)7-8-13/h3-6H,2,7-9,14H2,1H3. The Hall–Kier alpha value is -1.35. The predicted octanol–water partition coefficient (Wildman–Crippen LogP) is 1.85. The van der Waals surface area contributed by atoms with Crippen LogP contribution in [0.5, 0.6) is 0 Å². The van der Waals surface area contributed by atoms with E-state index in [-0.39, 0.29) is 11.4 Å². The maximum absolute atomic E-state index is 11.4. The van der Waals surface area contributed by atoms with Crippen molar-refractivity contribution in [1.29, 1.82) is 0 Å². The van der Waals surface area contributed by atoms with E-state index in [1.807, 2.05) is 24.3 Å². The summed E-state index contributed by atoms with van der Waals surface area (Å²) in [5.74, 6) is -0.258. The van der Waals surface area contributed by atoms with Crippen LogP contribution in [0, 0.1) is 0 Å². The van der Waals surface area contributed by atoms with Crippen LogP contribution >= 0.6 is 0 Å². The fraction of sp³-hybridized carbons (Fsp3) is 0.462. The molecule has 3 nitrogen and oxygen atoms in total. The Bertz CT molecular complexity index is 379. The first-order chi connectivity index (χ1) is 7.72. The molecule has 16 heavy (non-hydrogen) atoms. The van der Waals surface area contributed by atoms with Gasteiger partial charge in [0.05, 0.1) is 12.2 Å². The summed E-state index contributed by atoms with van der Waals surface area (Å²) in [5.41, 5.74) is 7.79.